The number of halogens is 4. The van der Waals surface area contributed by atoms with Gasteiger partial charge in [-0.25, -0.2) is 4.98 Å². The fourth-order valence-electron chi connectivity index (χ4n) is 5.93. The summed E-state index contributed by atoms with van der Waals surface area (Å²) in [7, 11) is 0. The Kier molecular flexibility index (Phi) is 8.95. The molecular weight excluding hydrogens is 600 g/mol. The van der Waals surface area contributed by atoms with Crippen molar-refractivity contribution in [2.75, 3.05) is 19.7 Å². The van der Waals surface area contributed by atoms with Gasteiger partial charge in [-0.2, -0.15) is 22.7 Å². The van der Waals surface area contributed by atoms with Crippen LogP contribution in [-0.4, -0.2) is 63.1 Å². The van der Waals surface area contributed by atoms with Crippen LogP contribution in [0.25, 0.3) is 22.0 Å². The number of hydrogen-bond donors (Lipinski definition) is 2. The molecule has 1 aliphatic heterocycles. The summed E-state index contributed by atoms with van der Waals surface area (Å²) >= 11 is 0. The number of aromatic amines is 1. The summed E-state index contributed by atoms with van der Waals surface area (Å²) in [6.07, 6.45) is 2.92. The second kappa shape index (κ2) is 13.1. The maximum Gasteiger partial charge on any atom is 0.393 e. The number of likely N-dealkylation sites (tertiary alicyclic amines) is 1. The van der Waals surface area contributed by atoms with Gasteiger partial charge in [0.15, 0.2) is 0 Å². The molecule has 0 bridgehead atoms. The van der Waals surface area contributed by atoms with Crippen LogP contribution in [0, 0.1) is 11.4 Å². The van der Waals surface area contributed by atoms with E-state index in [1.807, 2.05) is 6.08 Å². The summed E-state index contributed by atoms with van der Waals surface area (Å²) in [6, 6.07) is 16.4. The number of allylic oxidation sites excluding steroid dienone is 2. The molecule has 0 spiro atoms. The minimum Gasteiger partial charge on any atom is -0.477 e. The van der Waals surface area contributed by atoms with Crippen molar-refractivity contribution in [3.8, 4) is 5.88 Å². The summed E-state index contributed by atoms with van der Waals surface area (Å²) in [5, 5.41) is 16.0. The zero-order valence-electron chi connectivity index (χ0n) is 25.1. The van der Waals surface area contributed by atoms with E-state index in [-0.39, 0.29) is 27.9 Å². The maximum atomic E-state index is 14.5. The number of pyridine rings is 1. The average molecular weight is 635 g/mol. The van der Waals surface area contributed by atoms with E-state index in [0.29, 0.717) is 54.2 Å². The van der Waals surface area contributed by atoms with Crippen LogP contribution in [0.2, 0.25) is 0 Å². The van der Waals surface area contributed by atoms with Gasteiger partial charge in [0.25, 0.3) is 0 Å². The van der Waals surface area contributed by atoms with Crippen molar-refractivity contribution in [1.82, 2.24) is 20.1 Å². The lowest BCUT2D eigenvalue weighted by Gasteiger charge is -2.19. The predicted octanol–water partition coefficient (Wildman–Crippen LogP) is 7.10. The first kappa shape index (κ1) is 31.5. The van der Waals surface area contributed by atoms with Crippen molar-refractivity contribution in [3.05, 3.63) is 102 Å². The van der Waals surface area contributed by atoms with Crippen molar-refractivity contribution in [3.63, 3.8) is 0 Å². The van der Waals surface area contributed by atoms with Crippen molar-refractivity contribution in [1.29, 1.82) is 0 Å². The molecule has 7 nitrogen and oxygen atoms in total. The number of nitrogens with zero attached hydrogens (tertiary/aromatic N) is 3. The van der Waals surface area contributed by atoms with Crippen LogP contribution in [0.3, 0.4) is 0 Å². The molecule has 1 saturated heterocycles. The summed E-state index contributed by atoms with van der Waals surface area (Å²) in [6.45, 7) is 1.37. The third kappa shape index (κ3) is 7.47. The number of alkyl halides is 3. The molecule has 2 aromatic carbocycles. The number of carbonyl (C=O) groups is 1. The molecule has 46 heavy (non-hydrogen) atoms. The lowest BCUT2D eigenvalue weighted by atomic mass is 9.88. The van der Waals surface area contributed by atoms with Crippen molar-refractivity contribution >= 4 is 28.0 Å². The highest BCUT2D eigenvalue weighted by molar-refractivity contribution is 6.00. The number of nitrogens with one attached hydrogen (secondary N) is 1. The van der Waals surface area contributed by atoms with Gasteiger partial charge in [-0.05, 0) is 78.7 Å². The lowest BCUT2D eigenvalue weighted by Crippen LogP contribution is -2.27. The Morgan fingerprint density at radius 3 is 2.54 bits per heavy atom. The number of β-amino-alcohol motifs (C(OH)–C–C–N with tert-alkyl or cyclic N) is 1. The molecule has 11 heteroatoms. The monoisotopic (exact) mass is 634 g/mol. The molecular formula is C35H34F4N4O3. The number of H-pyrrole nitrogens is 1. The normalized spacial score (nSPS) is 18.3. The van der Waals surface area contributed by atoms with Gasteiger partial charge in [0.1, 0.15) is 0 Å². The smallest absolute Gasteiger partial charge is 0.393 e. The van der Waals surface area contributed by atoms with E-state index >= 15 is 0 Å². The van der Waals surface area contributed by atoms with Crippen molar-refractivity contribution < 1.29 is 32.2 Å². The van der Waals surface area contributed by atoms with Gasteiger partial charge < -0.3 is 14.7 Å². The number of rotatable bonds is 11. The van der Waals surface area contributed by atoms with Crippen LogP contribution in [-0.2, 0) is 4.79 Å². The second-order valence-electron chi connectivity index (χ2n) is 12.1. The van der Waals surface area contributed by atoms with Crippen molar-refractivity contribution in [2.45, 2.75) is 50.8 Å². The van der Waals surface area contributed by atoms with E-state index in [2.05, 4.69) is 15.2 Å². The Morgan fingerprint density at radius 2 is 1.87 bits per heavy atom. The summed E-state index contributed by atoms with van der Waals surface area (Å²) in [4.78, 5) is 18.4. The van der Waals surface area contributed by atoms with Gasteiger partial charge in [-0.3, -0.25) is 9.89 Å². The van der Waals surface area contributed by atoms with Gasteiger partial charge in [0.2, 0.25) is 17.7 Å². The maximum absolute atomic E-state index is 14.5. The first-order chi connectivity index (χ1) is 22.1. The molecule has 1 atom stereocenters. The van der Waals surface area contributed by atoms with Crippen molar-refractivity contribution in [2.24, 2.45) is 5.41 Å². The first-order valence-electron chi connectivity index (χ1n) is 15.3. The third-order valence-corrected chi connectivity index (χ3v) is 8.68. The van der Waals surface area contributed by atoms with Gasteiger partial charge in [-0.1, -0.05) is 42.5 Å². The topological polar surface area (TPSA) is 91.3 Å². The van der Waals surface area contributed by atoms with Crippen LogP contribution in [0.4, 0.5) is 17.6 Å². The van der Waals surface area contributed by atoms with E-state index in [1.54, 1.807) is 65.6 Å². The van der Waals surface area contributed by atoms with Gasteiger partial charge in [0, 0.05) is 36.3 Å². The molecule has 240 valence electrons. The molecule has 2 N–H and O–H groups in total. The Morgan fingerprint density at radius 1 is 1.09 bits per heavy atom. The average Bonchev–Trinajstić information content (AvgIpc) is 3.52. The van der Waals surface area contributed by atoms with E-state index in [1.165, 1.54) is 12.3 Å². The number of amides is 1. The van der Waals surface area contributed by atoms with E-state index < -0.39 is 24.6 Å². The number of hydrogen-bond acceptors (Lipinski definition) is 5. The second-order valence-corrected chi connectivity index (χ2v) is 12.1. The number of benzene rings is 2. The SMILES string of the molecule is O=C(/C=C/CCC1(COc2ccc(/C(=C(/CC(F)(F)F)c3ccccc3)c3ccc4n[nH]c(F)c4c3)cn2)CC1)N1CC[C@H](O)C1. The first-order valence-corrected chi connectivity index (χ1v) is 15.3. The highest BCUT2D eigenvalue weighted by Gasteiger charge is 2.42. The van der Waals surface area contributed by atoms with Gasteiger partial charge >= 0.3 is 6.18 Å². The number of aliphatic hydroxyl groups excluding tert-OH is 1. The fourth-order valence-corrected chi connectivity index (χ4v) is 5.93. The lowest BCUT2D eigenvalue weighted by molar-refractivity contribution is -0.125. The number of aromatic nitrogens is 3. The highest BCUT2D eigenvalue weighted by Crippen LogP contribution is 2.50. The van der Waals surface area contributed by atoms with Crippen LogP contribution in [0.1, 0.15) is 55.2 Å². The fraction of sp³-hybridized carbons (Fsp3) is 0.343. The van der Waals surface area contributed by atoms with E-state index in [9.17, 15) is 27.5 Å². The van der Waals surface area contributed by atoms with E-state index in [4.69, 9.17) is 4.74 Å². The van der Waals surface area contributed by atoms with Gasteiger partial charge in [-0.15, -0.1) is 0 Å². The summed E-state index contributed by atoms with van der Waals surface area (Å²) in [5.41, 5.74) is 1.90. The molecule has 2 fully saturated rings. The Labute approximate surface area is 263 Å². The Bertz CT molecular complexity index is 1750. The minimum absolute atomic E-state index is 0.0140. The quantitative estimate of drug-likeness (QED) is 0.104. The molecule has 0 radical (unpaired) electrons. The molecule has 2 aromatic heterocycles. The number of fused-ring (bicyclic) bond motifs is 1. The van der Waals surface area contributed by atoms with Crippen LogP contribution in [0.15, 0.2) is 79.0 Å². The standard InChI is InChI=1S/C35H34F4N4O3/c36-33-27-18-24(9-11-29(27)41-42-33)32(28(19-35(37,38)39)23-6-2-1-3-7-23)25-10-12-30(40-20-25)46-22-34(15-16-34)14-5-4-8-31(45)43-17-13-26(44)21-43/h1-4,6-12,18,20,26,44H,5,13-17,19,21-22H2,(H,41,42)/b8-4+,32-28-/t26-/m0/s1. The van der Waals surface area contributed by atoms with Crippen LogP contribution in [0.5, 0.6) is 5.88 Å². The summed E-state index contributed by atoms with van der Waals surface area (Å²) in [5.74, 6) is -0.408. The number of ether oxygens (including phenoxy) is 1. The number of aliphatic hydroxyl groups is 1. The molecule has 4 aromatic rings. The van der Waals surface area contributed by atoms with Gasteiger partial charge in [0.05, 0.1) is 30.0 Å². The summed E-state index contributed by atoms with van der Waals surface area (Å²) < 4.78 is 62.5. The molecule has 3 heterocycles. The zero-order chi connectivity index (χ0) is 32.3. The molecule has 1 saturated carbocycles. The Balaban J connectivity index is 1.21. The highest BCUT2D eigenvalue weighted by atomic mass is 19.4. The molecule has 6 rings (SSSR count). The molecule has 1 amide bonds. The molecule has 2 aliphatic rings. The predicted molar refractivity (Wildman–Crippen MR) is 166 cm³/mol. The number of carbonyl (C=O) groups excluding carboxylic acids is 1. The molecule has 0 unspecified atom stereocenters. The molecule has 1 aliphatic carbocycles. The van der Waals surface area contributed by atoms with E-state index in [0.717, 1.165) is 25.7 Å². The zero-order valence-corrected chi connectivity index (χ0v) is 25.1. The minimum atomic E-state index is -4.50. The largest absolute Gasteiger partial charge is 0.477 e. The van der Waals surface area contributed by atoms with Crippen LogP contribution >= 0.6 is 0 Å². The van der Waals surface area contributed by atoms with Crippen LogP contribution < -0.4 is 4.74 Å². The third-order valence-electron chi connectivity index (χ3n) is 8.68. The Hall–Kier alpha value is -4.51.